The molecule has 0 fully saturated rings. The molecule has 0 heterocycles. The highest BCUT2D eigenvalue weighted by Crippen LogP contribution is 2.04. The van der Waals surface area contributed by atoms with Crippen LogP contribution in [0.4, 0.5) is 10.5 Å². The summed E-state index contributed by atoms with van der Waals surface area (Å²) in [4.78, 5) is 22.8. The Morgan fingerprint density at radius 2 is 1.82 bits per heavy atom. The van der Waals surface area contributed by atoms with E-state index < -0.39 is 6.03 Å². The standard InChI is InChI=1S/C13H18N2O2/c1-2-3-5-10-12(16)15-13(17)14-11-8-6-4-7-9-11/h4,6-9H,2-3,5,10H2,1H3,(H2,14,15,16,17). The van der Waals surface area contributed by atoms with Crippen LogP contribution < -0.4 is 10.6 Å². The van der Waals surface area contributed by atoms with Crippen molar-refractivity contribution < 1.29 is 9.59 Å². The summed E-state index contributed by atoms with van der Waals surface area (Å²) in [6, 6.07) is 8.55. The second-order valence-electron chi connectivity index (χ2n) is 3.83. The maximum Gasteiger partial charge on any atom is 0.325 e. The van der Waals surface area contributed by atoms with Crippen molar-refractivity contribution in [3.63, 3.8) is 0 Å². The first-order valence-corrected chi connectivity index (χ1v) is 5.88. The highest BCUT2D eigenvalue weighted by molar-refractivity contribution is 6.01. The zero-order chi connectivity index (χ0) is 12.5. The van der Waals surface area contributed by atoms with Crippen LogP contribution in [0.1, 0.15) is 32.6 Å². The van der Waals surface area contributed by atoms with Crippen LogP contribution >= 0.6 is 0 Å². The molecule has 0 aliphatic rings. The average Bonchev–Trinajstić information content (AvgIpc) is 2.30. The molecule has 2 N–H and O–H groups in total. The van der Waals surface area contributed by atoms with Gasteiger partial charge in [-0.3, -0.25) is 10.1 Å². The van der Waals surface area contributed by atoms with E-state index in [2.05, 4.69) is 17.6 Å². The summed E-state index contributed by atoms with van der Waals surface area (Å²) in [5.74, 6) is -0.230. The first kappa shape index (κ1) is 13.2. The quantitative estimate of drug-likeness (QED) is 0.769. The minimum absolute atomic E-state index is 0.230. The molecular weight excluding hydrogens is 216 g/mol. The van der Waals surface area contributed by atoms with Crippen molar-refractivity contribution in [3.8, 4) is 0 Å². The number of unbranched alkanes of at least 4 members (excludes halogenated alkanes) is 2. The Kier molecular flexibility index (Phi) is 5.79. The third-order valence-corrected chi connectivity index (χ3v) is 2.29. The summed E-state index contributed by atoms with van der Waals surface area (Å²) in [6.07, 6.45) is 3.29. The Bertz CT molecular complexity index is 363. The summed E-state index contributed by atoms with van der Waals surface area (Å²) in [7, 11) is 0. The van der Waals surface area contributed by atoms with Crippen LogP contribution in [-0.4, -0.2) is 11.9 Å². The number of carbonyl (C=O) groups is 2. The molecular formula is C13H18N2O2. The van der Waals surface area contributed by atoms with Crippen LogP contribution in [0.15, 0.2) is 30.3 Å². The zero-order valence-electron chi connectivity index (χ0n) is 10.0. The van der Waals surface area contributed by atoms with E-state index in [0.717, 1.165) is 19.3 Å². The van der Waals surface area contributed by atoms with E-state index in [0.29, 0.717) is 12.1 Å². The second-order valence-corrected chi connectivity index (χ2v) is 3.83. The fraction of sp³-hybridized carbons (Fsp3) is 0.385. The van der Waals surface area contributed by atoms with Gasteiger partial charge in [-0.1, -0.05) is 38.0 Å². The smallest absolute Gasteiger partial charge is 0.308 e. The number of anilines is 1. The lowest BCUT2D eigenvalue weighted by Crippen LogP contribution is -2.34. The molecule has 4 heteroatoms. The van der Waals surface area contributed by atoms with Gasteiger partial charge >= 0.3 is 6.03 Å². The van der Waals surface area contributed by atoms with Gasteiger partial charge in [-0.25, -0.2) is 4.79 Å². The molecule has 0 aromatic heterocycles. The zero-order valence-corrected chi connectivity index (χ0v) is 10.0. The number of para-hydroxylation sites is 1. The topological polar surface area (TPSA) is 58.2 Å². The number of rotatable bonds is 5. The van der Waals surface area contributed by atoms with Crippen LogP contribution in [0.2, 0.25) is 0 Å². The van der Waals surface area contributed by atoms with Crippen LogP contribution in [0, 0.1) is 0 Å². The molecule has 0 atom stereocenters. The number of hydrogen-bond donors (Lipinski definition) is 2. The Balaban J connectivity index is 2.27. The van der Waals surface area contributed by atoms with E-state index in [1.807, 2.05) is 18.2 Å². The van der Waals surface area contributed by atoms with Gasteiger partial charge in [0, 0.05) is 12.1 Å². The molecule has 0 unspecified atom stereocenters. The van der Waals surface area contributed by atoms with Gasteiger partial charge < -0.3 is 5.32 Å². The first-order valence-electron chi connectivity index (χ1n) is 5.88. The first-order chi connectivity index (χ1) is 8.22. The van der Waals surface area contributed by atoms with Crippen molar-refractivity contribution >= 4 is 17.6 Å². The molecule has 3 amide bonds. The van der Waals surface area contributed by atoms with Crippen LogP contribution in [0.5, 0.6) is 0 Å². The van der Waals surface area contributed by atoms with E-state index in [9.17, 15) is 9.59 Å². The van der Waals surface area contributed by atoms with Gasteiger partial charge in [0.25, 0.3) is 0 Å². The highest BCUT2D eigenvalue weighted by Gasteiger charge is 2.06. The predicted molar refractivity (Wildman–Crippen MR) is 67.7 cm³/mol. The Labute approximate surface area is 101 Å². The van der Waals surface area contributed by atoms with E-state index in [-0.39, 0.29) is 5.91 Å². The van der Waals surface area contributed by atoms with Gasteiger partial charge in [0.2, 0.25) is 5.91 Å². The van der Waals surface area contributed by atoms with Gasteiger partial charge in [0.1, 0.15) is 0 Å². The average molecular weight is 234 g/mol. The Hall–Kier alpha value is -1.84. The number of nitrogens with one attached hydrogen (secondary N) is 2. The minimum atomic E-state index is -0.474. The SMILES string of the molecule is CCCCCC(=O)NC(=O)Nc1ccccc1. The summed E-state index contributed by atoms with van der Waals surface area (Å²) in [6.45, 7) is 2.07. The van der Waals surface area contributed by atoms with Gasteiger partial charge in [0.05, 0.1) is 0 Å². The van der Waals surface area contributed by atoms with Gasteiger partial charge in [-0.15, -0.1) is 0 Å². The minimum Gasteiger partial charge on any atom is -0.308 e. The molecule has 0 aliphatic heterocycles. The largest absolute Gasteiger partial charge is 0.325 e. The summed E-state index contributed by atoms with van der Waals surface area (Å²) in [5.41, 5.74) is 0.673. The van der Waals surface area contributed by atoms with Gasteiger partial charge in [-0.05, 0) is 18.6 Å². The number of carbonyl (C=O) groups excluding carboxylic acids is 2. The summed E-state index contributed by atoms with van der Waals surface area (Å²) < 4.78 is 0. The molecule has 0 saturated carbocycles. The molecule has 1 aromatic rings. The number of urea groups is 1. The lowest BCUT2D eigenvalue weighted by Gasteiger charge is -2.06. The number of benzene rings is 1. The molecule has 4 nitrogen and oxygen atoms in total. The van der Waals surface area contributed by atoms with E-state index in [4.69, 9.17) is 0 Å². The number of hydrogen-bond acceptors (Lipinski definition) is 2. The maximum absolute atomic E-state index is 11.4. The van der Waals surface area contributed by atoms with Crippen LogP contribution in [-0.2, 0) is 4.79 Å². The van der Waals surface area contributed by atoms with Crippen LogP contribution in [0.3, 0.4) is 0 Å². The summed E-state index contributed by atoms with van der Waals surface area (Å²) in [5, 5.41) is 4.89. The van der Waals surface area contributed by atoms with Gasteiger partial charge in [-0.2, -0.15) is 0 Å². The van der Waals surface area contributed by atoms with Crippen molar-refractivity contribution in [2.45, 2.75) is 32.6 Å². The normalized spacial score (nSPS) is 9.71. The molecule has 0 radical (unpaired) electrons. The van der Waals surface area contributed by atoms with Crippen molar-refractivity contribution in [1.29, 1.82) is 0 Å². The highest BCUT2D eigenvalue weighted by atomic mass is 16.2. The second kappa shape index (κ2) is 7.44. The van der Waals surface area contributed by atoms with E-state index >= 15 is 0 Å². The summed E-state index contributed by atoms with van der Waals surface area (Å²) >= 11 is 0. The molecule has 1 aromatic carbocycles. The Morgan fingerprint density at radius 3 is 2.47 bits per heavy atom. The molecule has 92 valence electrons. The fourth-order valence-electron chi connectivity index (χ4n) is 1.41. The van der Waals surface area contributed by atoms with Crippen molar-refractivity contribution in [2.24, 2.45) is 0 Å². The number of amides is 3. The molecule has 0 bridgehead atoms. The monoisotopic (exact) mass is 234 g/mol. The predicted octanol–water partition coefficient (Wildman–Crippen LogP) is 2.92. The molecule has 17 heavy (non-hydrogen) atoms. The fourth-order valence-corrected chi connectivity index (χ4v) is 1.41. The third-order valence-electron chi connectivity index (χ3n) is 2.29. The van der Waals surface area contributed by atoms with Crippen molar-refractivity contribution in [3.05, 3.63) is 30.3 Å². The third kappa shape index (κ3) is 5.70. The Morgan fingerprint density at radius 1 is 1.12 bits per heavy atom. The molecule has 0 saturated heterocycles. The van der Waals surface area contributed by atoms with Gasteiger partial charge in [0.15, 0.2) is 0 Å². The maximum atomic E-state index is 11.4. The van der Waals surface area contributed by atoms with E-state index in [1.165, 1.54) is 0 Å². The van der Waals surface area contributed by atoms with Crippen molar-refractivity contribution in [1.82, 2.24) is 5.32 Å². The molecule has 0 spiro atoms. The lowest BCUT2D eigenvalue weighted by molar-refractivity contribution is -0.120. The molecule has 0 aliphatic carbocycles. The lowest BCUT2D eigenvalue weighted by atomic mass is 10.2. The van der Waals surface area contributed by atoms with E-state index in [1.54, 1.807) is 12.1 Å². The van der Waals surface area contributed by atoms with Crippen molar-refractivity contribution in [2.75, 3.05) is 5.32 Å². The van der Waals surface area contributed by atoms with Crippen LogP contribution in [0.25, 0.3) is 0 Å². The number of imide groups is 1. The molecule has 1 rings (SSSR count).